The highest BCUT2D eigenvalue weighted by Gasteiger charge is 2.07. The Balaban J connectivity index is 1.53. The summed E-state index contributed by atoms with van der Waals surface area (Å²) in [6, 6.07) is 23.7. The van der Waals surface area contributed by atoms with Crippen LogP contribution in [0.5, 0.6) is 5.75 Å². The molecule has 4 nitrogen and oxygen atoms in total. The van der Waals surface area contributed by atoms with E-state index in [2.05, 4.69) is 50.7 Å². The number of carbonyl (C=O) groups is 1. The van der Waals surface area contributed by atoms with Crippen LogP contribution in [0.25, 0.3) is 0 Å². The third-order valence-electron chi connectivity index (χ3n) is 4.49. The number of amides is 1. The monoisotopic (exact) mass is 482 g/mol. The van der Waals surface area contributed by atoms with Gasteiger partial charge in [0.2, 0.25) is 0 Å². The van der Waals surface area contributed by atoms with E-state index >= 15 is 0 Å². The first-order valence-corrected chi connectivity index (χ1v) is 11.4. The molecule has 0 saturated heterocycles. The van der Waals surface area contributed by atoms with Gasteiger partial charge in [-0.2, -0.15) is 16.9 Å². The number of carbonyl (C=O) groups excluding carboxylic acids is 1. The van der Waals surface area contributed by atoms with Crippen molar-refractivity contribution in [2.24, 2.45) is 5.10 Å². The minimum Gasteiger partial charge on any atom is -0.496 e. The number of hydrazone groups is 1. The van der Waals surface area contributed by atoms with E-state index in [0.717, 1.165) is 27.3 Å². The van der Waals surface area contributed by atoms with Crippen molar-refractivity contribution in [2.45, 2.75) is 18.4 Å². The molecule has 3 rings (SSSR count). The van der Waals surface area contributed by atoms with E-state index in [4.69, 9.17) is 4.74 Å². The Hall–Kier alpha value is -2.57. The maximum absolute atomic E-state index is 12.4. The van der Waals surface area contributed by atoms with Gasteiger partial charge in [0.1, 0.15) is 5.75 Å². The largest absolute Gasteiger partial charge is 0.496 e. The summed E-state index contributed by atoms with van der Waals surface area (Å²) in [6.45, 7) is 1.85. The smallest absolute Gasteiger partial charge is 0.271 e. The number of nitrogens with zero attached hydrogens (tertiary/aromatic N) is 1. The summed E-state index contributed by atoms with van der Waals surface area (Å²) in [5, 5.41) is 4.22. The Labute approximate surface area is 189 Å². The first-order valence-electron chi connectivity index (χ1n) is 9.46. The number of benzene rings is 3. The van der Waals surface area contributed by atoms with Gasteiger partial charge in [0.15, 0.2) is 0 Å². The van der Waals surface area contributed by atoms with E-state index in [9.17, 15) is 4.79 Å². The van der Waals surface area contributed by atoms with E-state index in [1.807, 2.05) is 67.2 Å². The molecule has 0 aliphatic carbocycles. The molecular formula is C24H23BrN2O2S. The Morgan fingerprint density at radius 2 is 1.60 bits per heavy atom. The van der Waals surface area contributed by atoms with E-state index in [1.165, 1.54) is 11.1 Å². The fourth-order valence-electron chi connectivity index (χ4n) is 2.77. The highest BCUT2D eigenvalue weighted by Crippen LogP contribution is 2.25. The van der Waals surface area contributed by atoms with Crippen LogP contribution >= 0.6 is 27.7 Å². The number of methoxy groups -OCH3 is 1. The molecule has 0 fully saturated rings. The Bertz CT molecular complexity index is 1020. The average Bonchev–Trinajstić information content (AvgIpc) is 2.78. The van der Waals surface area contributed by atoms with Crippen LogP contribution in [-0.4, -0.2) is 18.7 Å². The van der Waals surface area contributed by atoms with Crippen LogP contribution in [-0.2, 0) is 11.5 Å². The molecule has 0 unspecified atom stereocenters. The first-order chi connectivity index (χ1) is 14.6. The van der Waals surface area contributed by atoms with Gasteiger partial charge in [-0.1, -0.05) is 42.5 Å². The van der Waals surface area contributed by atoms with E-state index < -0.39 is 0 Å². The topological polar surface area (TPSA) is 50.7 Å². The van der Waals surface area contributed by atoms with Gasteiger partial charge in [-0.05, 0) is 69.9 Å². The van der Waals surface area contributed by atoms with Gasteiger partial charge < -0.3 is 4.74 Å². The standard InChI is InChI=1S/C24H23BrN2O2S/c1-17(21-12-13-23(29-2)22(25)14-21)26-27-24(28)20-10-8-19(9-11-20)16-30-15-18-6-4-3-5-7-18/h3-14H,15-16H2,1-2H3,(H,27,28)/b26-17+. The molecule has 0 radical (unpaired) electrons. The first kappa shape index (κ1) is 22.1. The summed E-state index contributed by atoms with van der Waals surface area (Å²) in [6.07, 6.45) is 0. The molecule has 0 spiro atoms. The maximum atomic E-state index is 12.4. The minimum atomic E-state index is -0.231. The molecule has 154 valence electrons. The SMILES string of the molecule is COc1ccc(/C(C)=N/NC(=O)c2ccc(CSCc3ccccc3)cc2)cc1Br. The number of rotatable bonds is 8. The Morgan fingerprint density at radius 3 is 2.23 bits per heavy atom. The lowest BCUT2D eigenvalue weighted by Gasteiger charge is -2.07. The van der Waals surface area contributed by atoms with Gasteiger partial charge in [-0.3, -0.25) is 4.79 Å². The average molecular weight is 483 g/mol. The molecule has 30 heavy (non-hydrogen) atoms. The molecular weight excluding hydrogens is 460 g/mol. The molecule has 6 heteroatoms. The fourth-order valence-corrected chi connectivity index (χ4v) is 4.27. The molecule has 0 saturated carbocycles. The van der Waals surface area contributed by atoms with E-state index in [1.54, 1.807) is 7.11 Å². The summed E-state index contributed by atoms with van der Waals surface area (Å²) in [5.74, 6) is 2.39. The van der Waals surface area contributed by atoms with Gasteiger partial charge in [0.25, 0.3) is 5.91 Å². The molecule has 0 bridgehead atoms. The molecule has 0 heterocycles. The zero-order valence-corrected chi connectivity index (χ0v) is 19.3. The molecule has 0 aliphatic heterocycles. The van der Waals surface area contributed by atoms with Crippen molar-refractivity contribution in [3.05, 3.63) is 99.5 Å². The number of hydrogen-bond donors (Lipinski definition) is 1. The number of thioether (sulfide) groups is 1. The third kappa shape index (κ3) is 6.21. The maximum Gasteiger partial charge on any atom is 0.271 e. The van der Waals surface area contributed by atoms with Crippen molar-refractivity contribution in [3.8, 4) is 5.75 Å². The molecule has 1 N–H and O–H groups in total. The Kier molecular flexibility index (Phi) is 8.11. The molecule has 0 aromatic heterocycles. The zero-order chi connectivity index (χ0) is 21.3. The minimum absolute atomic E-state index is 0.231. The molecule has 1 amide bonds. The summed E-state index contributed by atoms with van der Waals surface area (Å²) in [5.41, 5.74) is 7.32. The van der Waals surface area contributed by atoms with Crippen molar-refractivity contribution in [2.75, 3.05) is 7.11 Å². The number of halogens is 1. The quantitative estimate of drug-likeness (QED) is 0.314. The van der Waals surface area contributed by atoms with Crippen LogP contribution in [0, 0.1) is 0 Å². The molecule has 0 atom stereocenters. The third-order valence-corrected chi connectivity index (χ3v) is 6.19. The highest BCUT2D eigenvalue weighted by atomic mass is 79.9. The van der Waals surface area contributed by atoms with Crippen LogP contribution in [0.1, 0.15) is 34.0 Å². The highest BCUT2D eigenvalue weighted by molar-refractivity contribution is 9.10. The lowest BCUT2D eigenvalue weighted by Crippen LogP contribution is -2.19. The van der Waals surface area contributed by atoms with E-state index in [-0.39, 0.29) is 5.91 Å². The molecule has 0 aliphatic rings. The predicted molar refractivity (Wildman–Crippen MR) is 128 cm³/mol. The van der Waals surface area contributed by atoms with Crippen LogP contribution in [0.4, 0.5) is 0 Å². The van der Waals surface area contributed by atoms with Gasteiger partial charge >= 0.3 is 0 Å². The van der Waals surface area contributed by atoms with Crippen LogP contribution in [0.2, 0.25) is 0 Å². The normalized spacial score (nSPS) is 11.2. The Morgan fingerprint density at radius 1 is 0.967 bits per heavy atom. The second-order valence-electron chi connectivity index (χ2n) is 6.66. The summed E-state index contributed by atoms with van der Waals surface area (Å²) < 4.78 is 6.07. The van der Waals surface area contributed by atoms with Crippen LogP contribution in [0.15, 0.2) is 82.4 Å². The van der Waals surface area contributed by atoms with Crippen molar-refractivity contribution in [3.63, 3.8) is 0 Å². The lowest BCUT2D eigenvalue weighted by molar-refractivity contribution is 0.0955. The van der Waals surface area contributed by atoms with Crippen LogP contribution < -0.4 is 10.2 Å². The molecule has 3 aromatic carbocycles. The van der Waals surface area contributed by atoms with Gasteiger partial charge in [-0.15, -0.1) is 0 Å². The van der Waals surface area contributed by atoms with Crippen molar-refractivity contribution in [1.29, 1.82) is 0 Å². The van der Waals surface area contributed by atoms with Crippen molar-refractivity contribution in [1.82, 2.24) is 5.43 Å². The van der Waals surface area contributed by atoms with Gasteiger partial charge in [-0.25, -0.2) is 5.43 Å². The number of ether oxygens (including phenoxy) is 1. The summed E-state index contributed by atoms with van der Waals surface area (Å²) >= 11 is 5.32. The summed E-state index contributed by atoms with van der Waals surface area (Å²) in [7, 11) is 1.62. The van der Waals surface area contributed by atoms with Crippen molar-refractivity contribution >= 4 is 39.3 Å². The fraction of sp³-hybridized carbons (Fsp3) is 0.167. The number of nitrogens with one attached hydrogen (secondary N) is 1. The van der Waals surface area contributed by atoms with Gasteiger partial charge in [0, 0.05) is 17.1 Å². The van der Waals surface area contributed by atoms with Crippen LogP contribution in [0.3, 0.4) is 0 Å². The zero-order valence-electron chi connectivity index (χ0n) is 16.9. The van der Waals surface area contributed by atoms with Gasteiger partial charge in [0.05, 0.1) is 17.3 Å². The lowest BCUT2D eigenvalue weighted by atomic mass is 10.1. The number of hydrogen-bond acceptors (Lipinski definition) is 4. The molecule has 3 aromatic rings. The second kappa shape index (κ2) is 11.0. The van der Waals surface area contributed by atoms with Crippen molar-refractivity contribution < 1.29 is 9.53 Å². The van der Waals surface area contributed by atoms with E-state index in [0.29, 0.717) is 11.3 Å². The predicted octanol–water partition coefficient (Wildman–Crippen LogP) is 6.05. The summed E-state index contributed by atoms with van der Waals surface area (Å²) in [4.78, 5) is 12.4. The second-order valence-corrected chi connectivity index (χ2v) is 8.50.